The van der Waals surface area contributed by atoms with Crippen molar-refractivity contribution in [3.05, 3.63) is 24.3 Å². The molecule has 4 heteroatoms. The van der Waals surface area contributed by atoms with Gasteiger partial charge in [0.15, 0.2) is 0 Å². The van der Waals surface area contributed by atoms with Crippen molar-refractivity contribution in [2.45, 2.75) is 6.92 Å². The Morgan fingerprint density at radius 3 is 2.57 bits per heavy atom. The zero-order chi connectivity index (χ0) is 10.6. The molecule has 0 spiro atoms. The van der Waals surface area contributed by atoms with Crippen molar-refractivity contribution in [1.29, 1.82) is 0 Å². The largest absolute Gasteiger partial charge is 0.508 e. The van der Waals surface area contributed by atoms with Gasteiger partial charge in [-0.05, 0) is 24.3 Å². The Morgan fingerprint density at radius 1 is 1.50 bits per heavy atom. The quantitative estimate of drug-likeness (QED) is 0.528. The molecule has 0 saturated heterocycles. The first kappa shape index (κ1) is 10.9. The number of carbonyl (C=O) groups excluding carboxylic acids is 1. The number of carbonyl (C=O) groups is 1. The second-order valence-electron chi connectivity index (χ2n) is 3.12. The minimum absolute atomic E-state index is 0.0642. The average Bonchev–Trinajstić information content (AvgIpc) is 2.20. The molecule has 0 heterocycles. The fourth-order valence-corrected chi connectivity index (χ4v) is 1.06. The molecule has 0 saturated carbocycles. The van der Waals surface area contributed by atoms with Crippen LogP contribution in [0.3, 0.4) is 0 Å². The van der Waals surface area contributed by atoms with Crippen LogP contribution in [-0.4, -0.2) is 16.8 Å². The van der Waals surface area contributed by atoms with Crippen LogP contribution in [0.4, 0.5) is 5.69 Å². The summed E-state index contributed by atoms with van der Waals surface area (Å²) >= 11 is 4.04. The third-order valence-electron chi connectivity index (χ3n) is 1.86. The maximum absolute atomic E-state index is 11.4. The highest BCUT2D eigenvalue weighted by atomic mass is 32.1. The third-order valence-corrected chi connectivity index (χ3v) is 2.40. The summed E-state index contributed by atoms with van der Waals surface area (Å²) in [5, 5.41) is 11.7. The van der Waals surface area contributed by atoms with Crippen LogP contribution in [0.2, 0.25) is 0 Å². The molecule has 0 aliphatic heterocycles. The van der Waals surface area contributed by atoms with Gasteiger partial charge >= 0.3 is 0 Å². The number of rotatable bonds is 3. The van der Waals surface area contributed by atoms with Crippen molar-refractivity contribution < 1.29 is 9.90 Å². The summed E-state index contributed by atoms with van der Waals surface area (Å²) in [6.07, 6.45) is 0. The molecule has 14 heavy (non-hydrogen) atoms. The molecule has 1 unspecified atom stereocenters. The Hall–Kier alpha value is -1.16. The number of amides is 1. The average molecular weight is 211 g/mol. The number of nitrogens with one attached hydrogen (secondary N) is 1. The summed E-state index contributed by atoms with van der Waals surface area (Å²) in [6, 6.07) is 6.36. The smallest absolute Gasteiger partial charge is 0.228 e. The molecule has 0 aromatic heterocycles. The van der Waals surface area contributed by atoms with Crippen molar-refractivity contribution in [2.24, 2.45) is 5.92 Å². The monoisotopic (exact) mass is 211 g/mol. The van der Waals surface area contributed by atoms with E-state index in [2.05, 4.69) is 17.9 Å². The number of anilines is 1. The van der Waals surface area contributed by atoms with Gasteiger partial charge in [-0.15, -0.1) is 0 Å². The van der Waals surface area contributed by atoms with Gasteiger partial charge in [-0.3, -0.25) is 4.79 Å². The number of phenolic OH excluding ortho intramolecular Hbond substituents is 1. The minimum Gasteiger partial charge on any atom is -0.508 e. The normalized spacial score (nSPS) is 12.1. The minimum atomic E-state index is -0.118. The van der Waals surface area contributed by atoms with Crippen LogP contribution in [0.1, 0.15) is 6.92 Å². The van der Waals surface area contributed by atoms with Crippen molar-refractivity contribution in [3.63, 3.8) is 0 Å². The third kappa shape index (κ3) is 2.96. The number of phenols is 1. The molecular weight excluding hydrogens is 198 g/mol. The van der Waals surface area contributed by atoms with Gasteiger partial charge in [0, 0.05) is 17.4 Å². The summed E-state index contributed by atoms with van der Waals surface area (Å²) in [7, 11) is 0. The van der Waals surface area contributed by atoms with E-state index in [1.54, 1.807) is 12.1 Å². The zero-order valence-corrected chi connectivity index (χ0v) is 8.79. The standard InChI is InChI=1S/C10H13NO2S/c1-7(6-14)10(13)11-8-2-4-9(12)5-3-8/h2-5,7,12,14H,6H2,1H3,(H,11,13). The van der Waals surface area contributed by atoms with Gasteiger partial charge in [-0.2, -0.15) is 12.6 Å². The van der Waals surface area contributed by atoms with Gasteiger partial charge in [0.05, 0.1) is 0 Å². The van der Waals surface area contributed by atoms with Crippen LogP contribution < -0.4 is 5.32 Å². The Bertz CT molecular complexity index is 310. The lowest BCUT2D eigenvalue weighted by Crippen LogP contribution is -2.21. The van der Waals surface area contributed by atoms with Crippen molar-refractivity contribution in [1.82, 2.24) is 0 Å². The predicted octanol–water partition coefficient (Wildman–Crippen LogP) is 1.90. The van der Waals surface area contributed by atoms with E-state index in [0.717, 1.165) is 0 Å². The summed E-state index contributed by atoms with van der Waals surface area (Å²) in [6.45, 7) is 1.81. The van der Waals surface area contributed by atoms with Crippen LogP contribution >= 0.6 is 12.6 Å². The number of thiol groups is 1. The molecule has 1 rings (SSSR count). The molecule has 1 aromatic carbocycles. The molecule has 1 amide bonds. The summed E-state index contributed by atoms with van der Waals surface area (Å²) in [5.74, 6) is 0.521. The molecule has 1 aromatic rings. The molecule has 0 fully saturated rings. The van der Waals surface area contributed by atoms with E-state index in [1.807, 2.05) is 6.92 Å². The molecule has 3 nitrogen and oxygen atoms in total. The molecule has 0 aliphatic rings. The highest BCUT2D eigenvalue weighted by Crippen LogP contribution is 2.14. The Kier molecular flexibility index (Phi) is 3.83. The lowest BCUT2D eigenvalue weighted by molar-refractivity contribution is -0.118. The van der Waals surface area contributed by atoms with Crippen LogP contribution in [0.15, 0.2) is 24.3 Å². The maximum Gasteiger partial charge on any atom is 0.228 e. The van der Waals surface area contributed by atoms with Crippen LogP contribution in [0.25, 0.3) is 0 Å². The van der Waals surface area contributed by atoms with Crippen LogP contribution in [0.5, 0.6) is 5.75 Å². The number of benzene rings is 1. The first-order chi connectivity index (χ1) is 6.63. The van der Waals surface area contributed by atoms with Gasteiger partial charge in [-0.25, -0.2) is 0 Å². The Balaban J connectivity index is 2.60. The predicted molar refractivity (Wildman–Crippen MR) is 59.8 cm³/mol. The molecule has 0 aliphatic carbocycles. The highest BCUT2D eigenvalue weighted by Gasteiger charge is 2.10. The molecular formula is C10H13NO2S. The zero-order valence-electron chi connectivity index (χ0n) is 7.90. The van der Waals surface area contributed by atoms with Gasteiger partial charge in [-0.1, -0.05) is 6.92 Å². The molecule has 0 bridgehead atoms. The van der Waals surface area contributed by atoms with Crippen LogP contribution in [0, 0.1) is 5.92 Å². The fourth-order valence-electron chi connectivity index (χ4n) is 0.893. The summed E-state index contributed by atoms with van der Waals surface area (Å²) in [4.78, 5) is 11.4. The number of hydrogen-bond acceptors (Lipinski definition) is 3. The summed E-state index contributed by atoms with van der Waals surface area (Å²) < 4.78 is 0. The topological polar surface area (TPSA) is 49.3 Å². The first-order valence-corrected chi connectivity index (χ1v) is 4.97. The number of hydrogen-bond donors (Lipinski definition) is 3. The lowest BCUT2D eigenvalue weighted by Gasteiger charge is -2.09. The van der Waals surface area contributed by atoms with E-state index in [4.69, 9.17) is 5.11 Å². The van der Waals surface area contributed by atoms with E-state index >= 15 is 0 Å². The summed E-state index contributed by atoms with van der Waals surface area (Å²) in [5.41, 5.74) is 0.682. The van der Waals surface area contributed by atoms with Crippen molar-refractivity contribution >= 4 is 24.2 Å². The molecule has 2 N–H and O–H groups in total. The van der Waals surface area contributed by atoms with E-state index < -0.39 is 0 Å². The van der Waals surface area contributed by atoms with Crippen LogP contribution in [-0.2, 0) is 4.79 Å². The van der Waals surface area contributed by atoms with E-state index in [0.29, 0.717) is 11.4 Å². The van der Waals surface area contributed by atoms with Crippen molar-refractivity contribution in [3.8, 4) is 5.75 Å². The van der Waals surface area contributed by atoms with Gasteiger partial charge < -0.3 is 10.4 Å². The van der Waals surface area contributed by atoms with Gasteiger partial charge in [0.1, 0.15) is 5.75 Å². The number of aromatic hydroxyl groups is 1. The van der Waals surface area contributed by atoms with E-state index in [-0.39, 0.29) is 17.6 Å². The van der Waals surface area contributed by atoms with E-state index in [1.165, 1.54) is 12.1 Å². The second-order valence-corrected chi connectivity index (χ2v) is 3.48. The van der Waals surface area contributed by atoms with Gasteiger partial charge in [0.2, 0.25) is 5.91 Å². The molecule has 1 atom stereocenters. The molecule has 76 valence electrons. The Morgan fingerprint density at radius 2 is 2.07 bits per heavy atom. The molecule has 0 radical (unpaired) electrons. The fraction of sp³-hybridized carbons (Fsp3) is 0.300. The highest BCUT2D eigenvalue weighted by molar-refractivity contribution is 7.80. The second kappa shape index (κ2) is 4.91. The first-order valence-electron chi connectivity index (χ1n) is 4.34. The lowest BCUT2D eigenvalue weighted by atomic mass is 10.2. The SMILES string of the molecule is CC(CS)C(=O)Nc1ccc(O)cc1. The maximum atomic E-state index is 11.4. The van der Waals surface area contributed by atoms with E-state index in [9.17, 15) is 4.79 Å². The Labute approximate surface area is 88.6 Å². The van der Waals surface area contributed by atoms with Gasteiger partial charge in [0.25, 0.3) is 0 Å². The van der Waals surface area contributed by atoms with Crippen molar-refractivity contribution in [2.75, 3.05) is 11.1 Å².